The monoisotopic (exact) mass is 908 g/mol. The Morgan fingerprint density at radius 3 is 1.05 bits per heavy atom. The molecule has 4 N–H and O–H groups in total. The Kier molecular flexibility index (Phi) is 18.2. The largest absolute Gasteiger partial charge is 0.507 e. The molecule has 326 valence electrons. The first-order chi connectivity index (χ1) is 29.8. The zero-order chi connectivity index (χ0) is 44.8. The van der Waals surface area contributed by atoms with Crippen LogP contribution in [-0.2, 0) is 19.5 Å². The van der Waals surface area contributed by atoms with Gasteiger partial charge in [-0.15, -0.1) is 0 Å². The van der Waals surface area contributed by atoms with Gasteiger partial charge in [-0.1, -0.05) is 52.0 Å². The van der Waals surface area contributed by atoms with Gasteiger partial charge >= 0.3 is 11.9 Å². The Labute approximate surface area is 380 Å². The summed E-state index contributed by atoms with van der Waals surface area (Å²) in [6, 6.07) is 35.4. The molecule has 0 unspecified atom stereocenters. The average Bonchev–Trinajstić information content (AvgIpc) is 3.27. The van der Waals surface area contributed by atoms with Crippen LogP contribution in [0.2, 0.25) is 0 Å². The molecule has 13 heteroatoms. The molecule has 6 aromatic carbocycles. The van der Waals surface area contributed by atoms with E-state index >= 15 is 0 Å². The fourth-order valence-electron chi connectivity index (χ4n) is 6.49. The van der Waals surface area contributed by atoms with Crippen LogP contribution in [0, 0.1) is 0 Å². The third kappa shape index (κ3) is 13.6. The van der Waals surface area contributed by atoms with Crippen LogP contribution in [0.4, 0.5) is 0 Å². The van der Waals surface area contributed by atoms with Gasteiger partial charge in [0.1, 0.15) is 83.6 Å². The Morgan fingerprint density at radius 2 is 0.746 bits per heavy atom. The van der Waals surface area contributed by atoms with Crippen molar-refractivity contribution in [2.24, 2.45) is 0 Å². The van der Waals surface area contributed by atoms with Gasteiger partial charge < -0.3 is 48.8 Å². The minimum Gasteiger partial charge on any atom is -0.507 e. The van der Waals surface area contributed by atoms with Crippen molar-refractivity contribution in [2.75, 3.05) is 40.6 Å². The van der Waals surface area contributed by atoms with Gasteiger partial charge in [-0.2, -0.15) is 0 Å². The van der Waals surface area contributed by atoms with Gasteiger partial charge in [0.2, 0.25) is 0 Å². The van der Waals surface area contributed by atoms with Gasteiger partial charge in [-0.05, 0) is 142 Å². The van der Waals surface area contributed by atoms with Crippen molar-refractivity contribution in [3.8, 4) is 68.2 Å². The molecule has 0 radical (unpaired) electrons. The molecular weight excluding hydrogens is 858 g/mol. The van der Waals surface area contributed by atoms with Gasteiger partial charge in [-0.3, -0.25) is 0 Å². The summed E-state index contributed by atoms with van der Waals surface area (Å²) in [7, 11) is 3.23. The second-order valence-electron chi connectivity index (χ2n) is 14.6. The van der Waals surface area contributed by atoms with Crippen molar-refractivity contribution < 1.29 is 77.9 Å². The van der Waals surface area contributed by atoms with Crippen LogP contribution < -0.4 is 28.4 Å². The van der Waals surface area contributed by atoms with Gasteiger partial charge in [-0.25, -0.2) is 9.59 Å². The van der Waals surface area contributed by atoms with Crippen molar-refractivity contribution in [3.05, 3.63) is 144 Å². The number of benzene rings is 6. The molecule has 0 amide bonds. The van der Waals surface area contributed by atoms with E-state index in [0.29, 0.717) is 49.1 Å². The smallest absolute Gasteiger partial charge is 0.339 e. The van der Waals surface area contributed by atoms with E-state index in [9.17, 15) is 30.0 Å². The summed E-state index contributed by atoms with van der Waals surface area (Å²) in [5.41, 5.74) is 5.00. The second-order valence-corrected chi connectivity index (χ2v) is 14.6. The molecule has 0 bridgehead atoms. The SMILES string of the molecule is COc1ccc(OCCOc2ccc(C(C)C)c(-c3ccc(O)c(C(=O)O)c3)c2)cc1.COc1ccc(OCCOc2ccc(C(C)C)c(-c3ccc(O)c(C(=O)O)c3)c2)cc1.[Zn]. The molecule has 0 heterocycles. The maximum Gasteiger partial charge on any atom is 0.339 e. The first-order valence-electron chi connectivity index (χ1n) is 20.0. The number of hydrogen-bond acceptors (Lipinski definition) is 10. The fraction of sp³-hybridized carbons (Fsp3) is 0.240. The number of carboxylic acid groups (broad SMARTS) is 2. The predicted molar refractivity (Wildman–Crippen MR) is 237 cm³/mol. The molecule has 63 heavy (non-hydrogen) atoms. The zero-order valence-corrected chi connectivity index (χ0v) is 39.3. The average molecular weight is 910 g/mol. The maximum absolute atomic E-state index is 11.4. The summed E-state index contributed by atoms with van der Waals surface area (Å²) in [6.45, 7) is 9.72. The number of aromatic hydroxyl groups is 2. The number of ether oxygens (including phenoxy) is 6. The Bertz CT molecular complexity index is 2260. The van der Waals surface area contributed by atoms with Crippen LogP contribution in [0.25, 0.3) is 22.3 Å². The molecule has 12 nitrogen and oxygen atoms in total. The van der Waals surface area contributed by atoms with Crippen molar-refractivity contribution in [3.63, 3.8) is 0 Å². The number of carbonyl (C=O) groups is 2. The molecule has 0 aliphatic heterocycles. The summed E-state index contributed by atoms with van der Waals surface area (Å²) in [6.07, 6.45) is 0. The minimum atomic E-state index is -1.17. The number of methoxy groups -OCH3 is 2. The van der Waals surface area contributed by atoms with E-state index in [2.05, 4.69) is 27.7 Å². The molecule has 6 rings (SSSR count). The van der Waals surface area contributed by atoms with Crippen LogP contribution in [0.3, 0.4) is 0 Å². The van der Waals surface area contributed by atoms with E-state index in [1.54, 1.807) is 26.4 Å². The van der Waals surface area contributed by atoms with E-state index < -0.39 is 11.9 Å². The number of carboxylic acids is 2. The Morgan fingerprint density at radius 1 is 0.444 bits per heavy atom. The first kappa shape index (κ1) is 48.9. The van der Waals surface area contributed by atoms with Gasteiger partial charge in [0, 0.05) is 19.5 Å². The molecule has 0 saturated heterocycles. The van der Waals surface area contributed by atoms with Crippen molar-refractivity contribution in [1.29, 1.82) is 0 Å². The Hall–Kier alpha value is -6.72. The van der Waals surface area contributed by atoms with Gasteiger partial charge in [0.25, 0.3) is 0 Å². The number of aromatic carboxylic acids is 2. The minimum absolute atomic E-state index is 0. The van der Waals surface area contributed by atoms with Crippen molar-refractivity contribution in [1.82, 2.24) is 0 Å². The number of hydrogen-bond donors (Lipinski definition) is 4. The third-order valence-electron chi connectivity index (χ3n) is 9.73. The summed E-state index contributed by atoms with van der Waals surface area (Å²) < 4.78 is 33.3. The Balaban J connectivity index is 0.000000272. The van der Waals surface area contributed by atoms with Crippen LogP contribution in [-0.4, -0.2) is 73.0 Å². The first-order valence-corrected chi connectivity index (χ1v) is 20.0. The molecule has 0 atom stereocenters. The summed E-state index contributed by atoms with van der Waals surface area (Å²) in [4.78, 5) is 22.8. The van der Waals surface area contributed by atoms with Crippen LogP contribution in [0.5, 0.6) is 46.0 Å². The molecule has 0 saturated carbocycles. The standard InChI is InChI=1S/2C25H26O6.Zn/c2*1-16(2)21-10-9-20(31-13-12-30-19-7-5-18(29-3)6-8-19)15-22(21)17-4-11-24(26)23(14-17)25(27)28;/h2*4-11,14-16,26H,12-13H2,1-3H3,(H,27,28);. The van der Waals surface area contributed by atoms with Crippen molar-refractivity contribution >= 4 is 11.9 Å². The van der Waals surface area contributed by atoms with E-state index in [4.69, 9.17) is 28.4 Å². The van der Waals surface area contributed by atoms with Crippen LogP contribution in [0.15, 0.2) is 121 Å². The molecule has 0 aliphatic carbocycles. The maximum atomic E-state index is 11.4. The summed E-state index contributed by atoms with van der Waals surface area (Å²) >= 11 is 0. The van der Waals surface area contributed by atoms with Crippen LogP contribution >= 0.6 is 0 Å². The van der Waals surface area contributed by atoms with E-state index in [1.165, 1.54) is 24.3 Å². The topological polar surface area (TPSA) is 170 Å². The molecular formula is C50H52O12Zn. The quantitative estimate of drug-likeness (QED) is 0.0476. The molecule has 0 aromatic heterocycles. The normalized spacial score (nSPS) is 10.5. The van der Waals surface area contributed by atoms with Crippen LogP contribution in [0.1, 0.15) is 71.4 Å². The van der Waals surface area contributed by atoms with E-state index in [-0.39, 0.29) is 53.9 Å². The summed E-state index contributed by atoms with van der Waals surface area (Å²) in [5, 5.41) is 38.3. The molecule has 0 fully saturated rings. The molecule has 6 aromatic rings. The number of rotatable bonds is 18. The zero-order valence-electron chi connectivity index (χ0n) is 36.3. The number of phenols is 2. The molecule has 0 aliphatic rings. The van der Waals surface area contributed by atoms with Crippen molar-refractivity contribution in [2.45, 2.75) is 39.5 Å². The summed E-state index contributed by atoms with van der Waals surface area (Å²) in [5.74, 6) is 1.89. The van der Waals surface area contributed by atoms with E-state index in [1.807, 2.05) is 84.9 Å². The fourth-order valence-corrected chi connectivity index (χ4v) is 6.49. The van der Waals surface area contributed by atoms with Gasteiger partial charge in [0.05, 0.1) is 14.2 Å². The van der Waals surface area contributed by atoms with Gasteiger partial charge in [0.15, 0.2) is 0 Å². The van der Waals surface area contributed by atoms with E-state index in [0.717, 1.165) is 45.3 Å². The second kappa shape index (κ2) is 23.5. The molecule has 0 spiro atoms. The third-order valence-corrected chi connectivity index (χ3v) is 9.73. The predicted octanol–water partition coefficient (Wildman–Crippen LogP) is 10.7.